The number of carbonyl (C=O) groups excluding carboxylic acids is 1. The number of nitrogens with zero attached hydrogens (tertiary/aromatic N) is 1. The first-order chi connectivity index (χ1) is 9.43. The maximum absolute atomic E-state index is 12.0. The molecule has 0 heterocycles. The summed E-state index contributed by atoms with van der Waals surface area (Å²) in [6, 6.07) is 5.31. The maximum atomic E-state index is 12.0. The largest absolute Gasteiger partial charge is 0.397 e. The molecule has 20 heavy (non-hydrogen) atoms. The average molecular weight is 300 g/mol. The molecule has 0 aromatic heterocycles. The zero-order valence-electron chi connectivity index (χ0n) is 12.1. The predicted octanol–water partition coefficient (Wildman–Crippen LogP) is 2.22. The Balaban J connectivity index is 2.58. The van der Waals surface area contributed by atoms with Crippen LogP contribution in [0.2, 0.25) is 5.02 Å². The van der Waals surface area contributed by atoms with Crippen LogP contribution in [0, 0.1) is 0 Å². The van der Waals surface area contributed by atoms with Crippen LogP contribution in [0.4, 0.5) is 11.4 Å². The lowest BCUT2D eigenvalue weighted by Gasteiger charge is -2.25. The Morgan fingerprint density at radius 1 is 1.50 bits per heavy atom. The van der Waals surface area contributed by atoms with Crippen molar-refractivity contribution in [1.82, 2.24) is 4.90 Å². The van der Waals surface area contributed by atoms with Crippen LogP contribution >= 0.6 is 11.6 Å². The molecule has 5 nitrogen and oxygen atoms in total. The second-order valence-electron chi connectivity index (χ2n) is 4.84. The normalized spacial score (nSPS) is 11.1. The van der Waals surface area contributed by atoms with Gasteiger partial charge in [-0.25, -0.2) is 0 Å². The summed E-state index contributed by atoms with van der Waals surface area (Å²) in [5, 5.41) is 3.29. The second kappa shape index (κ2) is 8.09. The third kappa shape index (κ3) is 5.36. The monoisotopic (exact) mass is 299 g/mol. The Bertz CT molecular complexity index is 452. The van der Waals surface area contributed by atoms with Gasteiger partial charge >= 0.3 is 0 Å². The average Bonchev–Trinajstić information content (AvgIpc) is 2.38. The zero-order valence-corrected chi connectivity index (χ0v) is 12.9. The molecule has 0 aliphatic carbocycles. The number of nitrogens with two attached hydrogens (primary N) is 1. The molecule has 0 unspecified atom stereocenters. The van der Waals surface area contributed by atoms with Gasteiger partial charge in [0.1, 0.15) is 0 Å². The molecule has 1 aromatic carbocycles. The Morgan fingerprint density at radius 2 is 2.20 bits per heavy atom. The SMILES string of the molecule is COCCN(CC(=O)Nc1ccc(Cl)c(N)c1)C(C)C. The van der Waals surface area contributed by atoms with Gasteiger partial charge < -0.3 is 15.8 Å². The van der Waals surface area contributed by atoms with Gasteiger partial charge in [-0.15, -0.1) is 0 Å². The number of halogens is 1. The Hall–Kier alpha value is -1.30. The van der Waals surface area contributed by atoms with Gasteiger partial charge in [0.05, 0.1) is 23.9 Å². The molecule has 0 fully saturated rings. The zero-order chi connectivity index (χ0) is 15.1. The van der Waals surface area contributed by atoms with E-state index >= 15 is 0 Å². The Labute approximate surface area is 125 Å². The fraction of sp³-hybridized carbons (Fsp3) is 0.500. The van der Waals surface area contributed by atoms with E-state index in [1.165, 1.54) is 0 Å². The van der Waals surface area contributed by atoms with Crippen LogP contribution in [-0.4, -0.2) is 43.7 Å². The van der Waals surface area contributed by atoms with Gasteiger partial charge in [-0.2, -0.15) is 0 Å². The molecule has 0 atom stereocenters. The van der Waals surface area contributed by atoms with Crippen molar-refractivity contribution < 1.29 is 9.53 Å². The van der Waals surface area contributed by atoms with Crippen molar-refractivity contribution in [3.63, 3.8) is 0 Å². The highest BCUT2D eigenvalue weighted by atomic mass is 35.5. The first-order valence-electron chi connectivity index (χ1n) is 6.52. The molecule has 0 aliphatic heterocycles. The van der Waals surface area contributed by atoms with Crippen molar-refractivity contribution in [1.29, 1.82) is 0 Å². The van der Waals surface area contributed by atoms with Gasteiger partial charge in [0.15, 0.2) is 0 Å². The van der Waals surface area contributed by atoms with E-state index in [0.717, 1.165) is 0 Å². The minimum atomic E-state index is -0.0866. The molecule has 0 saturated heterocycles. The number of hydrogen-bond donors (Lipinski definition) is 2. The van der Waals surface area contributed by atoms with E-state index in [0.29, 0.717) is 36.1 Å². The molecular formula is C14H22ClN3O2. The number of carbonyl (C=O) groups is 1. The molecule has 0 aliphatic rings. The van der Waals surface area contributed by atoms with E-state index in [-0.39, 0.29) is 11.9 Å². The Kier molecular flexibility index (Phi) is 6.78. The molecule has 1 aromatic rings. The first kappa shape index (κ1) is 16.8. The minimum Gasteiger partial charge on any atom is -0.397 e. The second-order valence-corrected chi connectivity index (χ2v) is 5.25. The van der Waals surface area contributed by atoms with Gasteiger partial charge in [-0.05, 0) is 32.0 Å². The summed E-state index contributed by atoms with van der Waals surface area (Å²) in [5.74, 6) is -0.0866. The van der Waals surface area contributed by atoms with E-state index in [9.17, 15) is 4.79 Å². The third-order valence-electron chi connectivity index (χ3n) is 2.94. The van der Waals surface area contributed by atoms with Crippen LogP contribution in [0.15, 0.2) is 18.2 Å². The van der Waals surface area contributed by atoms with Crippen molar-refractivity contribution in [3.05, 3.63) is 23.2 Å². The first-order valence-corrected chi connectivity index (χ1v) is 6.89. The fourth-order valence-corrected chi connectivity index (χ4v) is 1.85. The summed E-state index contributed by atoms with van der Waals surface area (Å²) < 4.78 is 5.05. The smallest absolute Gasteiger partial charge is 0.238 e. The summed E-state index contributed by atoms with van der Waals surface area (Å²) in [7, 11) is 1.65. The Morgan fingerprint density at radius 3 is 2.75 bits per heavy atom. The van der Waals surface area contributed by atoms with Crippen molar-refractivity contribution in [2.75, 3.05) is 37.9 Å². The van der Waals surface area contributed by atoms with E-state index in [1.54, 1.807) is 25.3 Å². The highest BCUT2D eigenvalue weighted by Gasteiger charge is 2.14. The van der Waals surface area contributed by atoms with Crippen molar-refractivity contribution >= 4 is 28.9 Å². The lowest BCUT2D eigenvalue weighted by atomic mass is 10.2. The number of ether oxygens (including phenoxy) is 1. The van der Waals surface area contributed by atoms with E-state index in [1.807, 2.05) is 18.7 Å². The molecule has 1 rings (SSSR count). The molecule has 0 bridgehead atoms. The molecule has 6 heteroatoms. The van der Waals surface area contributed by atoms with Gasteiger partial charge in [-0.3, -0.25) is 9.69 Å². The van der Waals surface area contributed by atoms with Crippen LogP contribution in [0.1, 0.15) is 13.8 Å². The molecule has 3 N–H and O–H groups in total. The third-order valence-corrected chi connectivity index (χ3v) is 3.28. The van der Waals surface area contributed by atoms with Gasteiger partial charge in [0.2, 0.25) is 5.91 Å². The topological polar surface area (TPSA) is 67.6 Å². The summed E-state index contributed by atoms with van der Waals surface area (Å²) in [6.07, 6.45) is 0. The number of rotatable bonds is 7. The number of methoxy groups -OCH3 is 1. The summed E-state index contributed by atoms with van der Waals surface area (Å²) in [4.78, 5) is 14.1. The lowest BCUT2D eigenvalue weighted by molar-refractivity contribution is -0.117. The van der Waals surface area contributed by atoms with Crippen molar-refractivity contribution in [2.45, 2.75) is 19.9 Å². The maximum Gasteiger partial charge on any atom is 0.238 e. The van der Waals surface area contributed by atoms with Crippen molar-refractivity contribution in [3.8, 4) is 0 Å². The summed E-state index contributed by atoms with van der Waals surface area (Å²) in [6.45, 7) is 5.71. The fourth-order valence-electron chi connectivity index (χ4n) is 1.73. The number of amides is 1. The number of anilines is 2. The number of nitrogens with one attached hydrogen (secondary N) is 1. The number of hydrogen-bond acceptors (Lipinski definition) is 4. The predicted molar refractivity (Wildman–Crippen MR) is 83.1 cm³/mol. The van der Waals surface area contributed by atoms with Crippen LogP contribution in [0.25, 0.3) is 0 Å². The van der Waals surface area contributed by atoms with E-state index < -0.39 is 0 Å². The molecule has 112 valence electrons. The lowest BCUT2D eigenvalue weighted by Crippen LogP contribution is -2.40. The highest BCUT2D eigenvalue weighted by molar-refractivity contribution is 6.33. The molecule has 1 amide bonds. The van der Waals surface area contributed by atoms with Gasteiger partial charge in [-0.1, -0.05) is 11.6 Å². The molecular weight excluding hydrogens is 278 g/mol. The standard InChI is InChI=1S/C14H22ClN3O2/c1-10(2)18(6-7-20-3)9-14(19)17-11-4-5-12(15)13(16)8-11/h4-5,8,10H,6-7,9,16H2,1-3H3,(H,17,19). The summed E-state index contributed by atoms with van der Waals surface area (Å²) in [5.41, 5.74) is 6.80. The van der Waals surface area contributed by atoms with Crippen LogP contribution < -0.4 is 11.1 Å². The molecule has 0 radical (unpaired) electrons. The minimum absolute atomic E-state index is 0.0866. The van der Waals surface area contributed by atoms with E-state index in [4.69, 9.17) is 22.1 Å². The molecule has 0 saturated carbocycles. The van der Waals surface area contributed by atoms with Crippen LogP contribution in [0.3, 0.4) is 0 Å². The van der Waals surface area contributed by atoms with Crippen molar-refractivity contribution in [2.24, 2.45) is 0 Å². The highest BCUT2D eigenvalue weighted by Crippen LogP contribution is 2.22. The van der Waals surface area contributed by atoms with Crippen LogP contribution in [-0.2, 0) is 9.53 Å². The van der Waals surface area contributed by atoms with E-state index in [2.05, 4.69) is 5.32 Å². The number of benzene rings is 1. The quantitative estimate of drug-likeness (QED) is 0.758. The summed E-state index contributed by atoms with van der Waals surface area (Å²) >= 11 is 5.84. The van der Waals surface area contributed by atoms with Crippen LogP contribution in [0.5, 0.6) is 0 Å². The van der Waals surface area contributed by atoms with Gasteiger partial charge in [0, 0.05) is 25.4 Å². The molecule has 0 spiro atoms. The van der Waals surface area contributed by atoms with Gasteiger partial charge in [0.25, 0.3) is 0 Å². The number of nitrogen functional groups attached to an aromatic ring is 1.